The molecule has 0 unspecified atom stereocenters. The lowest BCUT2D eigenvalue weighted by molar-refractivity contribution is 0.210. The molecule has 0 atom stereocenters. The normalized spacial score (nSPS) is 14.6. The number of amides is 2. The molecule has 24 heavy (non-hydrogen) atoms. The van der Waals surface area contributed by atoms with Crippen LogP contribution >= 0.6 is 11.3 Å². The van der Waals surface area contributed by atoms with Crippen LogP contribution in [0.15, 0.2) is 30.5 Å². The lowest BCUT2D eigenvalue weighted by Crippen LogP contribution is -2.30. The number of nitrogens with one attached hydrogen (secondary N) is 1. The summed E-state index contributed by atoms with van der Waals surface area (Å²) in [7, 11) is 1.78. The number of hydrogen-bond donors (Lipinski definition) is 1. The minimum Gasteiger partial charge on any atom is -0.490 e. The van der Waals surface area contributed by atoms with Crippen molar-refractivity contribution in [1.82, 2.24) is 9.88 Å². The fraction of sp³-hybridized carbons (Fsp3) is 0.444. The van der Waals surface area contributed by atoms with E-state index in [1.807, 2.05) is 37.4 Å². The van der Waals surface area contributed by atoms with Crippen LogP contribution in [0.3, 0.4) is 0 Å². The Bertz CT molecular complexity index is 678. The number of anilines is 1. The first kappa shape index (κ1) is 16.8. The maximum atomic E-state index is 12.3. The number of hydrogen-bond acceptors (Lipinski definition) is 4. The minimum absolute atomic E-state index is 0.134. The maximum Gasteiger partial charge on any atom is 0.321 e. The predicted molar refractivity (Wildman–Crippen MR) is 96.7 cm³/mol. The third-order valence-electron chi connectivity index (χ3n) is 4.12. The molecular weight excluding hydrogens is 322 g/mol. The summed E-state index contributed by atoms with van der Waals surface area (Å²) >= 11 is 1.61. The molecule has 1 aromatic heterocycles. The zero-order valence-corrected chi connectivity index (χ0v) is 14.9. The van der Waals surface area contributed by atoms with Crippen LogP contribution in [0, 0.1) is 6.92 Å². The minimum atomic E-state index is -0.134. The Hall–Kier alpha value is -2.08. The quantitative estimate of drug-likeness (QED) is 0.872. The Labute approximate surface area is 146 Å². The summed E-state index contributed by atoms with van der Waals surface area (Å²) in [6, 6.07) is 7.46. The second kappa shape index (κ2) is 7.66. The topological polar surface area (TPSA) is 54.5 Å². The number of carbonyl (C=O) groups is 1. The van der Waals surface area contributed by atoms with Crippen LogP contribution in [-0.4, -0.2) is 29.1 Å². The maximum absolute atomic E-state index is 12.3. The first-order chi connectivity index (χ1) is 11.6. The van der Waals surface area contributed by atoms with Gasteiger partial charge in [-0.3, -0.25) is 0 Å². The second-order valence-electron chi connectivity index (χ2n) is 6.18. The van der Waals surface area contributed by atoms with Gasteiger partial charge in [0, 0.05) is 23.8 Å². The number of carbonyl (C=O) groups excluding carboxylic acids is 1. The molecule has 2 aromatic rings. The average Bonchev–Trinajstić information content (AvgIpc) is 3.21. The molecule has 1 aliphatic carbocycles. The van der Waals surface area contributed by atoms with Gasteiger partial charge in [0.1, 0.15) is 5.75 Å². The summed E-state index contributed by atoms with van der Waals surface area (Å²) in [6.45, 7) is 2.52. The Morgan fingerprint density at radius 1 is 1.33 bits per heavy atom. The smallest absolute Gasteiger partial charge is 0.321 e. The number of thiazole rings is 1. The highest BCUT2D eigenvalue weighted by atomic mass is 32.1. The lowest BCUT2D eigenvalue weighted by atomic mass is 10.3. The van der Waals surface area contributed by atoms with Crippen LogP contribution in [0.2, 0.25) is 0 Å². The molecule has 1 heterocycles. The van der Waals surface area contributed by atoms with E-state index in [2.05, 4.69) is 10.3 Å². The molecule has 0 bridgehead atoms. The van der Waals surface area contributed by atoms with E-state index >= 15 is 0 Å². The molecule has 5 nitrogen and oxygen atoms in total. The summed E-state index contributed by atoms with van der Waals surface area (Å²) in [5.41, 5.74) is 0.770. The van der Waals surface area contributed by atoms with Crippen molar-refractivity contribution in [3.8, 4) is 5.75 Å². The Balaban J connectivity index is 1.51. The van der Waals surface area contributed by atoms with Gasteiger partial charge in [0.15, 0.2) is 0 Å². The Kier molecular flexibility index (Phi) is 5.35. The van der Waals surface area contributed by atoms with Gasteiger partial charge in [-0.2, -0.15) is 0 Å². The summed E-state index contributed by atoms with van der Waals surface area (Å²) in [6.07, 6.45) is 6.95. The molecule has 1 fully saturated rings. The number of nitrogens with zero attached hydrogens (tertiary/aromatic N) is 2. The SMILES string of the molecule is Cc1ncc(CN(C)C(=O)Nc2ccc(OC3CCCC3)cc2)s1. The van der Waals surface area contributed by atoms with Crippen LogP contribution in [0.1, 0.15) is 35.6 Å². The van der Waals surface area contributed by atoms with Crippen molar-refractivity contribution in [1.29, 1.82) is 0 Å². The summed E-state index contributed by atoms with van der Waals surface area (Å²) in [5, 5.41) is 3.92. The van der Waals surface area contributed by atoms with E-state index in [9.17, 15) is 4.79 Å². The van der Waals surface area contributed by atoms with Crippen molar-refractivity contribution in [3.63, 3.8) is 0 Å². The van der Waals surface area contributed by atoms with Gasteiger partial charge in [0.2, 0.25) is 0 Å². The van der Waals surface area contributed by atoms with E-state index < -0.39 is 0 Å². The standard InChI is InChI=1S/C18H23N3O2S/c1-13-19-11-17(24-13)12-21(2)18(22)20-14-7-9-16(10-8-14)23-15-5-3-4-6-15/h7-11,15H,3-6,12H2,1-2H3,(H,20,22). The molecule has 0 spiro atoms. The fourth-order valence-electron chi connectivity index (χ4n) is 2.82. The van der Waals surface area contributed by atoms with E-state index in [1.165, 1.54) is 12.8 Å². The Morgan fingerprint density at radius 2 is 2.04 bits per heavy atom. The van der Waals surface area contributed by atoms with E-state index in [-0.39, 0.29) is 6.03 Å². The van der Waals surface area contributed by atoms with Crippen molar-refractivity contribution < 1.29 is 9.53 Å². The number of aromatic nitrogens is 1. The molecule has 1 aromatic carbocycles. The van der Waals surface area contributed by atoms with Gasteiger partial charge >= 0.3 is 6.03 Å². The molecule has 3 rings (SSSR count). The van der Waals surface area contributed by atoms with Gasteiger partial charge in [0.05, 0.1) is 17.7 Å². The summed E-state index contributed by atoms with van der Waals surface area (Å²) in [5.74, 6) is 0.869. The van der Waals surface area contributed by atoms with Crippen molar-refractivity contribution in [2.75, 3.05) is 12.4 Å². The van der Waals surface area contributed by atoms with Crippen molar-refractivity contribution in [2.24, 2.45) is 0 Å². The molecule has 128 valence electrons. The van der Waals surface area contributed by atoms with E-state index in [1.54, 1.807) is 23.3 Å². The van der Waals surface area contributed by atoms with Crippen LogP contribution in [0.5, 0.6) is 5.75 Å². The zero-order valence-electron chi connectivity index (χ0n) is 14.1. The monoisotopic (exact) mass is 345 g/mol. The first-order valence-corrected chi connectivity index (χ1v) is 9.12. The second-order valence-corrected chi connectivity index (χ2v) is 7.50. The predicted octanol–water partition coefficient (Wildman–Crippen LogP) is 4.44. The zero-order chi connectivity index (χ0) is 16.9. The van der Waals surface area contributed by atoms with Crippen LogP contribution in [-0.2, 0) is 6.54 Å². The molecule has 0 saturated heterocycles. The molecule has 2 amide bonds. The number of benzene rings is 1. The molecule has 1 saturated carbocycles. The third kappa shape index (κ3) is 4.47. The number of rotatable bonds is 5. The van der Waals surface area contributed by atoms with E-state index in [4.69, 9.17) is 4.74 Å². The molecule has 1 aliphatic rings. The van der Waals surface area contributed by atoms with Gasteiger partial charge in [-0.1, -0.05) is 0 Å². The van der Waals surface area contributed by atoms with Gasteiger partial charge in [0.25, 0.3) is 0 Å². The van der Waals surface area contributed by atoms with Gasteiger partial charge in [-0.25, -0.2) is 9.78 Å². The van der Waals surface area contributed by atoms with Crippen LogP contribution in [0.25, 0.3) is 0 Å². The summed E-state index contributed by atoms with van der Waals surface area (Å²) in [4.78, 5) is 19.2. The summed E-state index contributed by atoms with van der Waals surface area (Å²) < 4.78 is 5.94. The average molecular weight is 345 g/mol. The first-order valence-electron chi connectivity index (χ1n) is 8.30. The number of aryl methyl sites for hydroxylation is 1. The van der Waals surface area contributed by atoms with Crippen molar-refractivity contribution in [3.05, 3.63) is 40.3 Å². The highest BCUT2D eigenvalue weighted by Gasteiger charge is 2.16. The van der Waals surface area contributed by atoms with E-state index in [0.717, 1.165) is 34.2 Å². The molecule has 1 N–H and O–H groups in total. The van der Waals surface area contributed by atoms with Crippen molar-refractivity contribution >= 4 is 23.1 Å². The largest absolute Gasteiger partial charge is 0.490 e. The molecule has 0 radical (unpaired) electrons. The van der Waals surface area contributed by atoms with Gasteiger partial charge < -0.3 is 15.0 Å². The third-order valence-corrected chi connectivity index (χ3v) is 5.02. The molecular formula is C18H23N3O2S. The molecule has 0 aliphatic heterocycles. The number of ether oxygens (including phenoxy) is 1. The highest BCUT2D eigenvalue weighted by molar-refractivity contribution is 7.11. The fourth-order valence-corrected chi connectivity index (χ4v) is 3.67. The highest BCUT2D eigenvalue weighted by Crippen LogP contribution is 2.25. The van der Waals surface area contributed by atoms with Crippen LogP contribution < -0.4 is 10.1 Å². The van der Waals surface area contributed by atoms with E-state index in [0.29, 0.717) is 12.6 Å². The molecule has 6 heteroatoms. The Morgan fingerprint density at radius 3 is 2.67 bits per heavy atom. The van der Waals surface area contributed by atoms with Crippen molar-refractivity contribution in [2.45, 2.75) is 45.3 Å². The lowest BCUT2D eigenvalue weighted by Gasteiger charge is -2.17. The number of urea groups is 1. The van der Waals surface area contributed by atoms with Gasteiger partial charge in [-0.15, -0.1) is 11.3 Å². The van der Waals surface area contributed by atoms with Crippen LogP contribution in [0.4, 0.5) is 10.5 Å². The van der Waals surface area contributed by atoms with Gasteiger partial charge in [-0.05, 0) is 56.9 Å².